The van der Waals surface area contributed by atoms with Crippen molar-refractivity contribution in [2.75, 3.05) is 19.6 Å². The van der Waals surface area contributed by atoms with Crippen molar-refractivity contribution >= 4 is 0 Å². The Morgan fingerprint density at radius 2 is 1.87 bits per heavy atom. The maximum Gasteiger partial charge on any atom is 0.00953 e. The average molecular weight is 210 g/mol. The topological polar surface area (TPSA) is 29.3 Å². The highest BCUT2D eigenvalue weighted by Gasteiger charge is 2.27. The molecule has 1 heterocycles. The normalized spacial score (nSPS) is 29.8. The van der Waals surface area contributed by atoms with Crippen molar-refractivity contribution in [3.63, 3.8) is 0 Å². The predicted octanol–water partition coefficient (Wildman–Crippen LogP) is 2.38. The number of hydrogen-bond donors (Lipinski definition) is 1. The van der Waals surface area contributed by atoms with E-state index in [-0.39, 0.29) is 0 Å². The highest BCUT2D eigenvalue weighted by atomic mass is 15.2. The van der Waals surface area contributed by atoms with Crippen LogP contribution in [-0.4, -0.2) is 30.6 Å². The molecule has 0 bridgehead atoms. The van der Waals surface area contributed by atoms with E-state index in [1.165, 1.54) is 64.5 Å². The lowest BCUT2D eigenvalue weighted by molar-refractivity contribution is 0.120. The Hall–Kier alpha value is -0.0800. The molecule has 2 aliphatic rings. The Labute approximate surface area is 94.2 Å². The highest BCUT2D eigenvalue weighted by molar-refractivity contribution is 4.82. The Morgan fingerprint density at radius 3 is 2.60 bits per heavy atom. The van der Waals surface area contributed by atoms with Crippen LogP contribution in [0.25, 0.3) is 0 Å². The molecule has 0 spiro atoms. The fourth-order valence-electron chi connectivity index (χ4n) is 3.34. The summed E-state index contributed by atoms with van der Waals surface area (Å²) >= 11 is 0. The van der Waals surface area contributed by atoms with Gasteiger partial charge in [-0.1, -0.05) is 12.8 Å². The van der Waals surface area contributed by atoms with Gasteiger partial charge in [-0.05, 0) is 57.5 Å². The molecule has 1 unspecified atom stereocenters. The van der Waals surface area contributed by atoms with Gasteiger partial charge >= 0.3 is 0 Å². The number of nitrogens with zero attached hydrogens (tertiary/aromatic N) is 1. The number of rotatable bonds is 4. The fraction of sp³-hybridized carbons (Fsp3) is 1.00. The summed E-state index contributed by atoms with van der Waals surface area (Å²) in [6, 6.07) is 0.936. The molecule has 0 aromatic carbocycles. The van der Waals surface area contributed by atoms with Crippen LogP contribution in [0.4, 0.5) is 0 Å². The lowest BCUT2D eigenvalue weighted by Crippen LogP contribution is -2.41. The second-order valence-electron chi connectivity index (χ2n) is 5.37. The molecule has 2 nitrogen and oxygen atoms in total. The van der Waals surface area contributed by atoms with Gasteiger partial charge in [0.15, 0.2) is 0 Å². The van der Waals surface area contributed by atoms with Gasteiger partial charge in [0.2, 0.25) is 0 Å². The van der Waals surface area contributed by atoms with Gasteiger partial charge in [0.05, 0.1) is 0 Å². The third-order valence-corrected chi connectivity index (χ3v) is 4.21. The zero-order valence-electron chi connectivity index (χ0n) is 9.96. The minimum atomic E-state index is 0.875. The summed E-state index contributed by atoms with van der Waals surface area (Å²) in [7, 11) is 0. The summed E-state index contributed by atoms with van der Waals surface area (Å²) in [6.45, 7) is 3.61. The Morgan fingerprint density at radius 1 is 1.07 bits per heavy atom. The van der Waals surface area contributed by atoms with Crippen LogP contribution < -0.4 is 5.73 Å². The van der Waals surface area contributed by atoms with Gasteiger partial charge in [-0.3, -0.25) is 0 Å². The highest BCUT2D eigenvalue weighted by Crippen LogP contribution is 2.29. The second-order valence-corrected chi connectivity index (χ2v) is 5.37. The number of nitrogens with two attached hydrogens (primary N) is 1. The summed E-state index contributed by atoms with van der Waals surface area (Å²) in [4.78, 5) is 2.78. The van der Waals surface area contributed by atoms with Gasteiger partial charge in [0.25, 0.3) is 0 Å². The van der Waals surface area contributed by atoms with E-state index in [2.05, 4.69) is 4.90 Å². The van der Waals surface area contributed by atoms with Crippen molar-refractivity contribution in [2.24, 2.45) is 11.7 Å². The van der Waals surface area contributed by atoms with E-state index in [4.69, 9.17) is 5.73 Å². The second kappa shape index (κ2) is 5.86. The third-order valence-electron chi connectivity index (χ3n) is 4.21. The third kappa shape index (κ3) is 3.18. The van der Waals surface area contributed by atoms with Gasteiger partial charge in [0.1, 0.15) is 0 Å². The summed E-state index contributed by atoms with van der Waals surface area (Å²) in [5.41, 5.74) is 5.59. The lowest BCUT2D eigenvalue weighted by Gasteiger charge is -2.36. The van der Waals surface area contributed by atoms with E-state index in [0.29, 0.717) is 0 Å². The molecule has 2 heteroatoms. The van der Waals surface area contributed by atoms with Gasteiger partial charge in [-0.25, -0.2) is 0 Å². The van der Waals surface area contributed by atoms with Crippen LogP contribution in [-0.2, 0) is 0 Å². The van der Waals surface area contributed by atoms with Crippen molar-refractivity contribution in [2.45, 2.75) is 57.4 Å². The molecule has 1 saturated heterocycles. The van der Waals surface area contributed by atoms with E-state index in [9.17, 15) is 0 Å². The number of hydrogen-bond acceptors (Lipinski definition) is 2. The van der Waals surface area contributed by atoms with E-state index in [0.717, 1.165) is 18.5 Å². The molecule has 88 valence electrons. The monoisotopic (exact) mass is 210 g/mol. The standard InChI is InChI=1S/C13H26N2/c14-9-3-5-12-6-4-10-15(11-12)13-7-1-2-8-13/h12-13H,1-11,14H2. The molecule has 1 saturated carbocycles. The van der Waals surface area contributed by atoms with E-state index in [1.807, 2.05) is 0 Å². The van der Waals surface area contributed by atoms with Crippen molar-refractivity contribution in [3.05, 3.63) is 0 Å². The Balaban J connectivity index is 1.75. The first-order valence-electron chi connectivity index (χ1n) is 6.84. The molecule has 2 fully saturated rings. The van der Waals surface area contributed by atoms with E-state index in [1.54, 1.807) is 0 Å². The zero-order valence-corrected chi connectivity index (χ0v) is 9.96. The molecule has 0 aromatic rings. The van der Waals surface area contributed by atoms with Crippen LogP contribution in [0.5, 0.6) is 0 Å². The summed E-state index contributed by atoms with van der Waals surface area (Å²) in [6.07, 6.45) is 11.3. The van der Waals surface area contributed by atoms with E-state index < -0.39 is 0 Å². The minimum Gasteiger partial charge on any atom is -0.330 e. The largest absolute Gasteiger partial charge is 0.330 e. The molecule has 1 aliphatic carbocycles. The summed E-state index contributed by atoms with van der Waals surface area (Å²) < 4.78 is 0. The van der Waals surface area contributed by atoms with Gasteiger partial charge < -0.3 is 10.6 Å². The summed E-state index contributed by atoms with van der Waals surface area (Å²) in [5.74, 6) is 0.947. The summed E-state index contributed by atoms with van der Waals surface area (Å²) in [5, 5.41) is 0. The quantitative estimate of drug-likeness (QED) is 0.772. The molecule has 0 amide bonds. The minimum absolute atomic E-state index is 0.875. The first kappa shape index (κ1) is 11.4. The molecule has 2 rings (SSSR count). The molecular formula is C13H26N2. The molecule has 15 heavy (non-hydrogen) atoms. The molecule has 0 radical (unpaired) electrons. The Bertz CT molecular complexity index is 175. The average Bonchev–Trinajstić information content (AvgIpc) is 2.80. The maximum atomic E-state index is 5.59. The first-order valence-corrected chi connectivity index (χ1v) is 6.84. The van der Waals surface area contributed by atoms with Gasteiger partial charge in [-0.2, -0.15) is 0 Å². The predicted molar refractivity (Wildman–Crippen MR) is 64.8 cm³/mol. The van der Waals surface area contributed by atoms with Crippen molar-refractivity contribution < 1.29 is 0 Å². The molecule has 1 aliphatic heterocycles. The molecular weight excluding hydrogens is 184 g/mol. The van der Waals surface area contributed by atoms with Gasteiger partial charge in [-0.15, -0.1) is 0 Å². The Kier molecular flexibility index (Phi) is 4.45. The number of piperidine rings is 1. The van der Waals surface area contributed by atoms with Crippen LogP contribution >= 0.6 is 0 Å². The van der Waals surface area contributed by atoms with Crippen LogP contribution in [0.3, 0.4) is 0 Å². The molecule has 2 N–H and O–H groups in total. The van der Waals surface area contributed by atoms with Crippen LogP contribution in [0.1, 0.15) is 51.4 Å². The van der Waals surface area contributed by atoms with Crippen molar-refractivity contribution in [3.8, 4) is 0 Å². The van der Waals surface area contributed by atoms with Crippen molar-refractivity contribution in [1.29, 1.82) is 0 Å². The zero-order chi connectivity index (χ0) is 10.5. The molecule has 0 aromatic heterocycles. The maximum absolute atomic E-state index is 5.59. The van der Waals surface area contributed by atoms with Crippen LogP contribution in [0.15, 0.2) is 0 Å². The fourth-order valence-corrected chi connectivity index (χ4v) is 3.34. The molecule has 1 atom stereocenters. The first-order chi connectivity index (χ1) is 7.40. The number of likely N-dealkylation sites (tertiary alicyclic amines) is 1. The van der Waals surface area contributed by atoms with Gasteiger partial charge in [0, 0.05) is 12.6 Å². The SMILES string of the molecule is NCCCC1CCCN(C2CCCC2)C1. The van der Waals surface area contributed by atoms with Crippen LogP contribution in [0, 0.1) is 5.92 Å². The van der Waals surface area contributed by atoms with Crippen LogP contribution in [0.2, 0.25) is 0 Å². The smallest absolute Gasteiger partial charge is 0.00953 e. The lowest BCUT2D eigenvalue weighted by atomic mass is 9.92. The van der Waals surface area contributed by atoms with E-state index >= 15 is 0 Å². The van der Waals surface area contributed by atoms with Crippen molar-refractivity contribution in [1.82, 2.24) is 4.90 Å².